The summed E-state index contributed by atoms with van der Waals surface area (Å²) < 4.78 is 5.70. The molecule has 0 unspecified atom stereocenters. The van der Waals surface area contributed by atoms with Gasteiger partial charge < -0.3 is 15.4 Å². The maximum atomic E-state index is 13.1. The van der Waals surface area contributed by atoms with E-state index < -0.39 is 11.8 Å². The molecule has 0 atom stereocenters. The van der Waals surface area contributed by atoms with Crippen molar-refractivity contribution >= 4 is 58.0 Å². The second kappa shape index (κ2) is 12.8. The number of carbonyl (C=O) groups is 3. The highest BCUT2D eigenvalue weighted by Crippen LogP contribution is 2.34. The molecule has 1 heterocycles. The monoisotopic (exact) mass is 565 g/mol. The third kappa shape index (κ3) is 6.80. The summed E-state index contributed by atoms with van der Waals surface area (Å²) in [5.74, 6) is -0.590. The van der Waals surface area contributed by atoms with E-state index in [1.807, 2.05) is 24.3 Å². The maximum absolute atomic E-state index is 13.1. The molecule has 4 rings (SSSR count). The predicted octanol–water partition coefficient (Wildman–Crippen LogP) is 6.83. The number of rotatable bonds is 11. The Balaban J connectivity index is 1.33. The van der Waals surface area contributed by atoms with Crippen LogP contribution in [0.2, 0.25) is 5.02 Å². The smallest absolute Gasteiger partial charge is 0.283 e. The summed E-state index contributed by atoms with van der Waals surface area (Å²) in [5.41, 5.74) is 2.96. The van der Waals surface area contributed by atoms with Crippen LogP contribution in [0.25, 0.3) is 0 Å². The zero-order chi connectivity index (χ0) is 27.9. The lowest BCUT2D eigenvalue weighted by Gasteiger charge is -2.18. The maximum Gasteiger partial charge on any atom is 0.283 e. The third-order valence-electron chi connectivity index (χ3n) is 6.25. The Morgan fingerprint density at radius 1 is 0.897 bits per heavy atom. The van der Waals surface area contributed by atoms with Crippen LogP contribution < -0.4 is 20.3 Å². The number of hydrogen-bond acceptors (Lipinski definition) is 5. The van der Waals surface area contributed by atoms with E-state index in [4.69, 9.17) is 27.9 Å². The van der Waals surface area contributed by atoms with Gasteiger partial charge in [0.25, 0.3) is 11.8 Å². The van der Waals surface area contributed by atoms with Crippen molar-refractivity contribution in [3.63, 3.8) is 0 Å². The Labute approximate surface area is 237 Å². The number of unbranched alkanes of at least 4 members (excludes halogenated alkanes) is 2. The summed E-state index contributed by atoms with van der Waals surface area (Å²) in [5, 5.41) is 6.05. The van der Waals surface area contributed by atoms with Crippen LogP contribution in [0.5, 0.6) is 5.75 Å². The van der Waals surface area contributed by atoms with Gasteiger partial charge in [-0.15, -0.1) is 0 Å². The fourth-order valence-corrected chi connectivity index (χ4v) is 4.47. The molecule has 3 aromatic rings. The summed E-state index contributed by atoms with van der Waals surface area (Å²) in [6.07, 6.45) is 3.46. The first-order valence-corrected chi connectivity index (χ1v) is 13.5. The molecule has 0 spiro atoms. The van der Waals surface area contributed by atoms with Crippen molar-refractivity contribution in [3.8, 4) is 5.75 Å². The van der Waals surface area contributed by atoms with Gasteiger partial charge in [-0.05, 0) is 73.0 Å². The first-order chi connectivity index (χ1) is 18.8. The molecule has 0 saturated heterocycles. The number of halogens is 2. The van der Waals surface area contributed by atoms with Crippen molar-refractivity contribution in [2.45, 2.75) is 39.5 Å². The molecule has 1 aliphatic heterocycles. The number of anilines is 3. The van der Waals surface area contributed by atoms with Crippen LogP contribution in [0.4, 0.5) is 17.1 Å². The van der Waals surface area contributed by atoms with E-state index in [2.05, 4.69) is 17.6 Å². The fraction of sp³-hybridized carbons (Fsp3) is 0.233. The van der Waals surface area contributed by atoms with Crippen LogP contribution >= 0.6 is 23.2 Å². The second-order valence-electron chi connectivity index (χ2n) is 9.15. The summed E-state index contributed by atoms with van der Waals surface area (Å²) in [7, 11) is 0. The number of imide groups is 1. The van der Waals surface area contributed by atoms with Crippen molar-refractivity contribution in [3.05, 3.63) is 93.6 Å². The highest BCUT2D eigenvalue weighted by atomic mass is 35.5. The normalized spacial score (nSPS) is 13.2. The Bertz CT molecular complexity index is 1400. The first-order valence-electron chi connectivity index (χ1n) is 12.7. The number of ether oxygens (including phenoxy) is 1. The zero-order valence-corrected chi connectivity index (χ0v) is 23.2. The topological polar surface area (TPSA) is 87.7 Å². The number of benzene rings is 3. The third-order valence-corrected chi connectivity index (χ3v) is 7.01. The lowest BCUT2D eigenvalue weighted by Crippen LogP contribution is -2.32. The molecule has 0 aliphatic carbocycles. The number of hydrogen-bond donors (Lipinski definition) is 2. The van der Waals surface area contributed by atoms with Gasteiger partial charge in [0, 0.05) is 16.4 Å². The van der Waals surface area contributed by atoms with E-state index in [1.165, 1.54) is 0 Å². The van der Waals surface area contributed by atoms with E-state index in [9.17, 15) is 14.4 Å². The molecule has 0 aromatic heterocycles. The van der Waals surface area contributed by atoms with E-state index in [0.29, 0.717) is 34.3 Å². The first kappa shape index (κ1) is 28.2. The van der Waals surface area contributed by atoms with Crippen molar-refractivity contribution in [1.29, 1.82) is 0 Å². The minimum Gasteiger partial charge on any atom is -0.494 e. The highest BCUT2D eigenvalue weighted by Gasteiger charge is 2.39. The molecule has 0 radical (unpaired) electrons. The molecule has 202 valence electrons. The average molecular weight is 566 g/mol. The molecule has 7 nitrogen and oxygen atoms in total. The Morgan fingerprint density at radius 3 is 2.28 bits per heavy atom. The Morgan fingerprint density at radius 2 is 1.59 bits per heavy atom. The fourth-order valence-electron chi connectivity index (χ4n) is 4.09. The molecule has 9 heteroatoms. The van der Waals surface area contributed by atoms with Gasteiger partial charge in [0.2, 0.25) is 5.91 Å². The zero-order valence-electron chi connectivity index (χ0n) is 21.7. The van der Waals surface area contributed by atoms with Crippen molar-refractivity contribution in [1.82, 2.24) is 0 Å². The van der Waals surface area contributed by atoms with Crippen molar-refractivity contribution < 1.29 is 19.1 Å². The molecule has 1 aliphatic rings. The standard InChI is InChI=1S/C30H29Cl2N3O4/c1-3-4-5-17-39-23-15-13-21(14-16-23)33-26(36)18-20-9-11-22(12-10-20)34-28-27(32)29(37)35(30(28)38)25-8-6-7-24(31)19(25)2/h6-16,34H,3-5,17-18H2,1-2H3,(H,33,36). The molecule has 0 saturated carbocycles. The Kier molecular flexibility index (Phi) is 9.28. The van der Waals surface area contributed by atoms with Gasteiger partial charge in [0.15, 0.2) is 0 Å². The van der Waals surface area contributed by atoms with Gasteiger partial charge in [-0.1, -0.05) is 61.2 Å². The van der Waals surface area contributed by atoms with Gasteiger partial charge in [-0.2, -0.15) is 0 Å². The van der Waals surface area contributed by atoms with Gasteiger partial charge >= 0.3 is 0 Å². The van der Waals surface area contributed by atoms with Gasteiger partial charge in [-0.25, -0.2) is 4.90 Å². The second-order valence-corrected chi connectivity index (χ2v) is 9.93. The molecule has 0 fully saturated rings. The van der Waals surface area contributed by atoms with Gasteiger partial charge in [0.05, 0.1) is 18.7 Å². The molecule has 3 amide bonds. The van der Waals surface area contributed by atoms with Crippen molar-refractivity contribution in [2.24, 2.45) is 0 Å². The minimum atomic E-state index is -0.626. The number of nitrogens with one attached hydrogen (secondary N) is 2. The molecule has 3 aromatic carbocycles. The van der Waals surface area contributed by atoms with Crippen molar-refractivity contribution in [2.75, 3.05) is 22.1 Å². The molecule has 2 N–H and O–H groups in total. The average Bonchev–Trinajstić information content (AvgIpc) is 3.13. The highest BCUT2D eigenvalue weighted by molar-refractivity contribution is 6.53. The molecule has 0 bridgehead atoms. The van der Waals surface area contributed by atoms with Gasteiger partial charge in [0.1, 0.15) is 16.5 Å². The lowest BCUT2D eigenvalue weighted by atomic mass is 10.1. The minimum absolute atomic E-state index is 0.0238. The quantitative estimate of drug-likeness (QED) is 0.196. The van der Waals surface area contributed by atoms with Crippen LogP contribution in [-0.4, -0.2) is 24.3 Å². The van der Waals surface area contributed by atoms with Crippen LogP contribution in [-0.2, 0) is 20.8 Å². The number of nitrogens with zero attached hydrogens (tertiary/aromatic N) is 1. The predicted molar refractivity (Wildman–Crippen MR) is 155 cm³/mol. The van der Waals surface area contributed by atoms with Crippen LogP contribution in [0.1, 0.15) is 37.3 Å². The molecule has 39 heavy (non-hydrogen) atoms. The van der Waals surface area contributed by atoms with E-state index in [1.54, 1.807) is 49.4 Å². The van der Waals surface area contributed by atoms with E-state index >= 15 is 0 Å². The summed E-state index contributed by atoms with van der Waals surface area (Å²) in [6, 6.07) is 19.3. The summed E-state index contributed by atoms with van der Waals surface area (Å²) in [4.78, 5) is 39.4. The van der Waals surface area contributed by atoms with Crippen LogP contribution in [0.3, 0.4) is 0 Å². The Hall–Kier alpha value is -3.81. The summed E-state index contributed by atoms with van der Waals surface area (Å²) >= 11 is 12.4. The van der Waals surface area contributed by atoms with E-state index in [0.717, 1.165) is 35.5 Å². The van der Waals surface area contributed by atoms with Crippen LogP contribution in [0.15, 0.2) is 77.5 Å². The molecular weight excluding hydrogens is 537 g/mol. The number of carbonyl (C=O) groups excluding carboxylic acids is 3. The molecular formula is C30H29Cl2N3O4. The number of amides is 3. The van der Waals surface area contributed by atoms with Gasteiger partial charge in [-0.3, -0.25) is 14.4 Å². The van der Waals surface area contributed by atoms with Crippen LogP contribution in [0, 0.1) is 6.92 Å². The largest absolute Gasteiger partial charge is 0.494 e. The summed E-state index contributed by atoms with van der Waals surface area (Å²) in [6.45, 7) is 4.55. The lowest BCUT2D eigenvalue weighted by molar-refractivity contribution is -0.120. The SMILES string of the molecule is CCCCCOc1ccc(NC(=O)Cc2ccc(NC3=C(Cl)C(=O)N(c4cccc(Cl)c4C)C3=O)cc2)cc1. The van der Waals surface area contributed by atoms with E-state index in [-0.39, 0.29) is 23.1 Å².